The minimum absolute atomic E-state index is 0.0164. The average Bonchev–Trinajstić information content (AvgIpc) is 2.26. The van der Waals surface area contributed by atoms with Crippen molar-refractivity contribution in [2.24, 2.45) is 0 Å². The smallest absolute Gasteiger partial charge is 0.254 e. The van der Waals surface area contributed by atoms with E-state index in [0.717, 1.165) is 5.69 Å². The number of hydrogen-bond acceptors (Lipinski definition) is 4. The van der Waals surface area contributed by atoms with Crippen molar-refractivity contribution in [1.29, 1.82) is 0 Å². The zero-order chi connectivity index (χ0) is 13.1. The third-order valence-corrected chi connectivity index (χ3v) is 3.79. The molecule has 1 aromatic rings. The van der Waals surface area contributed by atoms with Gasteiger partial charge in [-0.05, 0) is 33.1 Å². The maximum atomic E-state index is 11.9. The molecule has 1 rings (SSSR count). The Bertz CT molecular complexity index is 418. The number of carbonyl (C=O) groups excluding carboxylic acids is 1. The lowest BCUT2D eigenvalue weighted by Gasteiger charge is -2.22. The molecule has 0 aliphatic carbocycles. The second-order valence-corrected chi connectivity index (χ2v) is 6.07. The number of amides is 1. The summed E-state index contributed by atoms with van der Waals surface area (Å²) in [6.07, 6.45) is 3.54. The highest BCUT2D eigenvalue weighted by Crippen LogP contribution is 2.20. The lowest BCUT2D eigenvalue weighted by atomic mass is 10.1. The van der Waals surface area contributed by atoms with E-state index >= 15 is 0 Å². The summed E-state index contributed by atoms with van der Waals surface area (Å²) in [7, 11) is 0. The molecule has 3 N–H and O–H groups in total. The standard InChI is InChI=1S/C12H19N3OS/c1-8-5-10(13)9(6-14-8)11(16)15-7-12(2,3)17-4/h5-6H,7H2,1-4H3,(H2,13,14)(H,15,16). The molecule has 1 aromatic heterocycles. The van der Waals surface area contributed by atoms with Crippen LogP contribution >= 0.6 is 11.8 Å². The van der Waals surface area contributed by atoms with Crippen molar-refractivity contribution in [2.45, 2.75) is 25.5 Å². The highest BCUT2D eigenvalue weighted by molar-refractivity contribution is 7.99. The summed E-state index contributed by atoms with van der Waals surface area (Å²) in [6.45, 7) is 6.60. The number of aromatic nitrogens is 1. The molecule has 0 aliphatic rings. The largest absolute Gasteiger partial charge is 0.398 e. The summed E-state index contributed by atoms with van der Waals surface area (Å²) in [5.41, 5.74) is 7.50. The molecule has 5 heteroatoms. The molecule has 0 aromatic carbocycles. The summed E-state index contributed by atoms with van der Waals surface area (Å²) in [5, 5.41) is 2.87. The van der Waals surface area contributed by atoms with E-state index in [4.69, 9.17) is 5.73 Å². The highest BCUT2D eigenvalue weighted by Gasteiger charge is 2.18. The van der Waals surface area contributed by atoms with Crippen LogP contribution in [0.4, 0.5) is 5.69 Å². The molecule has 0 atom stereocenters. The SMILES string of the molecule is CSC(C)(C)CNC(=O)c1cnc(C)cc1N. The number of pyridine rings is 1. The fourth-order valence-electron chi connectivity index (χ4n) is 1.23. The van der Waals surface area contributed by atoms with Crippen molar-refractivity contribution in [3.05, 3.63) is 23.5 Å². The topological polar surface area (TPSA) is 68.0 Å². The first kappa shape index (κ1) is 13.8. The molecule has 0 saturated carbocycles. The molecule has 1 heterocycles. The third kappa shape index (κ3) is 3.93. The van der Waals surface area contributed by atoms with Crippen molar-refractivity contribution in [3.8, 4) is 0 Å². The first-order valence-electron chi connectivity index (χ1n) is 5.41. The van der Waals surface area contributed by atoms with Crippen molar-refractivity contribution in [3.63, 3.8) is 0 Å². The number of nitrogens with two attached hydrogens (primary N) is 1. The Morgan fingerprint density at radius 2 is 2.24 bits per heavy atom. The number of nitrogens with one attached hydrogen (secondary N) is 1. The zero-order valence-corrected chi connectivity index (χ0v) is 11.5. The van der Waals surface area contributed by atoms with Crippen molar-refractivity contribution < 1.29 is 4.79 Å². The molecule has 0 aliphatic heterocycles. The van der Waals surface area contributed by atoms with Crippen molar-refractivity contribution in [1.82, 2.24) is 10.3 Å². The highest BCUT2D eigenvalue weighted by atomic mass is 32.2. The van der Waals surface area contributed by atoms with Crippen LogP contribution in [-0.4, -0.2) is 28.4 Å². The molecule has 94 valence electrons. The van der Waals surface area contributed by atoms with Gasteiger partial charge >= 0.3 is 0 Å². The molecule has 0 saturated heterocycles. The van der Waals surface area contributed by atoms with Gasteiger partial charge in [-0.15, -0.1) is 0 Å². The Kier molecular flexibility index (Phi) is 4.40. The molecule has 4 nitrogen and oxygen atoms in total. The number of thioether (sulfide) groups is 1. The molecule has 0 radical (unpaired) electrons. The van der Waals surface area contributed by atoms with E-state index in [1.165, 1.54) is 6.20 Å². The fraction of sp³-hybridized carbons (Fsp3) is 0.500. The molecule has 17 heavy (non-hydrogen) atoms. The number of carbonyl (C=O) groups is 1. The normalized spacial score (nSPS) is 11.3. The Balaban J connectivity index is 2.71. The second-order valence-electron chi connectivity index (χ2n) is 4.56. The van der Waals surface area contributed by atoms with Gasteiger partial charge in [0.15, 0.2) is 0 Å². The van der Waals surface area contributed by atoms with Gasteiger partial charge in [0.05, 0.1) is 5.56 Å². The van der Waals surface area contributed by atoms with Gasteiger partial charge in [0, 0.05) is 28.9 Å². The van der Waals surface area contributed by atoms with E-state index < -0.39 is 0 Å². The summed E-state index contributed by atoms with van der Waals surface area (Å²) in [6, 6.07) is 1.70. The lowest BCUT2D eigenvalue weighted by Crippen LogP contribution is -2.36. The monoisotopic (exact) mass is 253 g/mol. The molecule has 0 unspecified atom stereocenters. The fourth-order valence-corrected chi connectivity index (χ4v) is 1.45. The Labute approximate surface area is 106 Å². The third-order valence-electron chi connectivity index (χ3n) is 2.54. The maximum absolute atomic E-state index is 11.9. The predicted octanol–water partition coefficient (Wildman–Crippen LogP) is 1.84. The van der Waals surface area contributed by atoms with Gasteiger partial charge in [-0.3, -0.25) is 9.78 Å². The van der Waals surface area contributed by atoms with Crippen LogP contribution in [0.15, 0.2) is 12.3 Å². The van der Waals surface area contributed by atoms with Gasteiger partial charge in [-0.1, -0.05) is 0 Å². The number of nitrogens with zero attached hydrogens (tertiary/aromatic N) is 1. The van der Waals surface area contributed by atoms with Crippen LogP contribution in [0.25, 0.3) is 0 Å². The minimum atomic E-state index is -0.169. The Hall–Kier alpha value is -1.23. The van der Waals surface area contributed by atoms with Gasteiger partial charge in [-0.25, -0.2) is 0 Å². The number of anilines is 1. The summed E-state index contributed by atoms with van der Waals surface area (Å²) >= 11 is 1.71. The van der Waals surface area contributed by atoms with Gasteiger partial charge in [0.1, 0.15) is 0 Å². The molecule has 0 fully saturated rings. The lowest BCUT2D eigenvalue weighted by molar-refractivity contribution is 0.0951. The first-order chi connectivity index (χ1) is 7.85. The van der Waals surface area contributed by atoms with Crippen LogP contribution in [0, 0.1) is 6.92 Å². The first-order valence-corrected chi connectivity index (χ1v) is 6.63. The van der Waals surface area contributed by atoms with Crippen molar-refractivity contribution >= 4 is 23.4 Å². The van der Waals surface area contributed by atoms with Crippen LogP contribution in [0.2, 0.25) is 0 Å². The molecule has 0 bridgehead atoms. The van der Waals surface area contributed by atoms with Gasteiger partial charge < -0.3 is 11.1 Å². The summed E-state index contributed by atoms with van der Waals surface area (Å²) in [5.74, 6) is -0.169. The van der Waals surface area contributed by atoms with Crippen LogP contribution in [0.3, 0.4) is 0 Å². The predicted molar refractivity (Wildman–Crippen MR) is 73.3 cm³/mol. The molecular weight excluding hydrogens is 234 g/mol. The average molecular weight is 253 g/mol. The van der Waals surface area contributed by atoms with E-state index in [0.29, 0.717) is 17.8 Å². The number of aryl methyl sites for hydroxylation is 1. The van der Waals surface area contributed by atoms with Crippen LogP contribution in [0.1, 0.15) is 29.9 Å². The molecule has 1 amide bonds. The quantitative estimate of drug-likeness (QED) is 0.859. The number of nitrogen functional groups attached to an aromatic ring is 1. The van der Waals surface area contributed by atoms with Crippen LogP contribution < -0.4 is 11.1 Å². The Morgan fingerprint density at radius 1 is 1.59 bits per heavy atom. The van der Waals surface area contributed by atoms with E-state index in [1.807, 2.05) is 13.2 Å². The van der Waals surface area contributed by atoms with Gasteiger partial charge in [0.25, 0.3) is 5.91 Å². The zero-order valence-electron chi connectivity index (χ0n) is 10.7. The minimum Gasteiger partial charge on any atom is -0.398 e. The number of rotatable bonds is 4. The van der Waals surface area contributed by atoms with Gasteiger partial charge in [0.2, 0.25) is 0 Å². The van der Waals surface area contributed by atoms with Gasteiger partial charge in [-0.2, -0.15) is 11.8 Å². The van der Waals surface area contributed by atoms with Crippen LogP contribution in [0.5, 0.6) is 0 Å². The van der Waals surface area contributed by atoms with E-state index in [1.54, 1.807) is 17.8 Å². The molecule has 0 spiro atoms. The second kappa shape index (κ2) is 5.40. The van der Waals surface area contributed by atoms with E-state index in [-0.39, 0.29) is 10.7 Å². The van der Waals surface area contributed by atoms with Crippen LogP contribution in [-0.2, 0) is 0 Å². The Morgan fingerprint density at radius 3 is 2.76 bits per heavy atom. The number of hydrogen-bond donors (Lipinski definition) is 2. The molecular formula is C12H19N3OS. The van der Waals surface area contributed by atoms with E-state index in [2.05, 4.69) is 24.1 Å². The summed E-state index contributed by atoms with van der Waals surface area (Å²) in [4.78, 5) is 16.0. The maximum Gasteiger partial charge on any atom is 0.254 e. The summed E-state index contributed by atoms with van der Waals surface area (Å²) < 4.78 is 0.0164. The van der Waals surface area contributed by atoms with E-state index in [9.17, 15) is 4.79 Å². The van der Waals surface area contributed by atoms with Crippen molar-refractivity contribution in [2.75, 3.05) is 18.5 Å².